The normalized spacial score (nSPS) is 14.9. The molecule has 0 N–H and O–H groups in total. The molecule has 156 valence electrons. The second kappa shape index (κ2) is 8.49. The van der Waals surface area contributed by atoms with E-state index in [2.05, 4.69) is 15.0 Å². The van der Waals surface area contributed by atoms with Crippen molar-refractivity contribution in [2.24, 2.45) is 0 Å². The number of halogens is 3. The molecule has 1 aliphatic rings. The average Bonchev–Trinajstić information content (AvgIpc) is 3.20. The summed E-state index contributed by atoms with van der Waals surface area (Å²) in [4.78, 5) is 20.7. The van der Waals surface area contributed by atoms with Gasteiger partial charge in [0.25, 0.3) is 5.91 Å². The van der Waals surface area contributed by atoms with Gasteiger partial charge in [0.15, 0.2) is 11.6 Å². The summed E-state index contributed by atoms with van der Waals surface area (Å²) >= 11 is 5.92. The van der Waals surface area contributed by atoms with Gasteiger partial charge in [0.05, 0.1) is 17.1 Å². The number of carbonyl (C=O) groups is 1. The summed E-state index contributed by atoms with van der Waals surface area (Å²) in [5, 5.41) is 3.93. The van der Waals surface area contributed by atoms with Crippen molar-refractivity contribution < 1.29 is 18.1 Å². The highest BCUT2D eigenvalue weighted by atomic mass is 35.5. The first-order valence-corrected chi connectivity index (χ1v) is 9.84. The number of hydrogen-bond donors (Lipinski definition) is 0. The second-order valence-electron chi connectivity index (χ2n) is 7.19. The fraction of sp³-hybridized carbons (Fsp3) is 0.286. The minimum atomic E-state index is -1.10. The minimum absolute atomic E-state index is 0.0383. The van der Waals surface area contributed by atoms with E-state index in [4.69, 9.17) is 16.1 Å². The van der Waals surface area contributed by atoms with Gasteiger partial charge >= 0.3 is 0 Å². The van der Waals surface area contributed by atoms with E-state index in [1.807, 2.05) is 31.2 Å². The van der Waals surface area contributed by atoms with Crippen LogP contribution >= 0.6 is 11.6 Å². The van der Waals surface area contributed by atoms with Gasteiger partial charge in [0.1, 0.15) is 0 Å². The summed E-state index contributed by atoms with van der Waals surface area (Å²) in [6, 6.07) is 9.52. The lowest BCUT2D eigenvalue weighted by Gasteiger charge is -2.34. The monoisotopic (exact) mass is 432 g/mol. The van der Waals surface area contributed by atoms with E-state index < -0.39 is 17.5 Å². The Balaban J connectivity index is 1.36. The molecule has 0 saturated carbocycles. The number of aromatic nitrogens is 2. The summed E-state index contributed by atoms with van der Waals surface area (Å²) in [7, 11) is 0. The van der Waals surface area contributed by atoms with E-state index in [1.54, 1.807) is 4.90 Å². The molecule has 1 amide bonds. The third-order valence-electron chi connectivity index (χ3n) is 5.04. The Morgan fingerprint density at radius 2 is 1.77 bits per heavy atom. The second-order valence-corrected chi connectivity index (χ2v) is 7.60. The Morgan fingerprint density at radius 1 is 1.10 bits per heavy atom. The Hall–Kier alpha value is -2.84. The van der Waals surface area contributed by atoms with E-state index in [9.17, 15) is 13.6 Å². The summed E-state index contributed by atoms with van der Waals surface area (Å²) < 4.78 is 32.1. The molecule has 4 rings (SSSR count). The average molecular weight is 433 g/mol. The van der Waals surface area contributed by atoms with Gasteiger partial charge in [-0.1, -0.05) is 46.6 Å². The molecule has 0 bridgehead atoms. The van der Waals surface area contributed by atoms with E-state index in [0.29, 0.717) is 44.4 Å². The summed E-state index contributed by atoms with van der Waals surface area (Å²) in [5.41, 5.74) is 2.00. The summed E-state index contributed by atoms with van der Waals surface area (Å²) in [5.74, 6) is -1.56. The number of amides is 1. The standard InChI is InChI=1S/C21H19ClF2N4O2/c1-13-2-4-14(5-3-13)20-25-19(30-26-20)12-27-6-8-28(9-7-27)21(29)15-10-17(23)18(24)11-16(15)22/h2-5,10-11H,6-9,12H2,1H3. The van der Waals surface area contributed by atoms with Crippen molar-refractivity contribution in [2.45, 2.75) is 13.5 Å². The van der Waals surface area contributed by atoms with Crippen LogP contribution in [0.1, 0.15) is 21.8 Å². The Morgan fingerprint density at radius 3 is 2.47 bits per heavy atom. The highest BCUT2D eigenvalue weighted by molar-refractivity contribution is 6.33. The van der Waals surface area contributed by atoms with E-state index in [0.717, 1.165) is 23.3 Å². The maximum Gasteiger partial charge on any atom is 0.255 e. The zero-order chi connectivity index (χ0) is 21.3. The number of rotatable bonds is 4. The van der Waals surface area contributed by atoms with Crippen LogP contribution in [0.25, 0.3) is 11.4 Å². The van der Waals surface area contributed by atoms with Crippen molar-refractivity contribution in [2.75, 3.05) is 26.2 Å². The van der Waals surface area contributed by atoms with E-state index in [1.165, 1.54) is 0 Å². The molecule has 0 atom stereocenters. The Kier molecular flexibility index (Phi) is 5.78. The van der Waals surface area contributed by atoms with Crippen molar-refractivity contribution in [3.63, 3.8) is 0 Å². The molecular weight excluding hydrogens is 414 g/mol. The quantitative estimate of drug-likeness (QED) is 0.584. The lowest BCUT2D eigenvalue weighted by atomic mass is 10.1. The molecule has 0 spiro atoms. The maximum atomic E-state index is 13.5. The fourth-order valence-electron chi connectivity index (χ4n) is 3.30. The predicted molar refractivity (Wildman–Crippen MR) is 107 cm³/mol. The van der Waals surface area contributed by atoms with Crippen LogP contribution in [0.4, 0.5) is 8.78 Å². The van der Waals surface area contributed by atoms with Gasteiger partial charge in [-0.15, -0.1) is 0 Å². The van der Waals surface area contributed by atoms with Crippen molar-refractivity contribution >= 4 is 17.5 Å². The fourth-order valence-corrected chi connectivity index (χ4v) is 3.53. The molecule has 0 unspecified atom stereocenters. The molecule has 0 aliphatic carbocycles. The van der Waals surface area contributed by atoms with Crippen LogP contribution in [0.3, 0.4) is 0 Å². The third-order valence-corrected chi connectivity index (χ3v) is 5.35. The van der Waals surface area contributed by atoms with E-state index >= 15 is 0 Å². The first-order chi connectivity index (χ1) is 14.4. The molecule has 1 aromatic heterocycles. The molecular formula is C21H19ClF2N4O2. The third kappa shape index (κ3) is 4.34. The first-order valence-electron chi connectivity index (χ1n) is 9.46. The zero-order valence-electron chi connectivity index (χ0n) is 16.2. The highest BCUT2D eigenvalue weighted by Gasteiger charge is 2.25. The van der Waals surface area contributed by atoms with Crippen LogP contribution in [0.15, 0.2) is 40.9 Å². The van der Waals surface area contributed by atoms with Crippen molar-refractivity contribution in [1.82, 2.24) is 19.9 Å². The van der Waals surface area contributed by atoms with Gasteiger partial charge < -0.3 is 9.42 Å². The number of piperazine rings is 1. The molecule has 30 heavy (non-hydrogen) atoms. The maximum absolute atomic E-state index is 13.5. The molecule has 9 heteroatoms. The molecule has 6 nitrogen and oxygen atoms in total. The number of benzene rings is 2. The topological polar surface area (TPSA) is 62.5 Å². The van der Waals surface area contributed by atoms with Gasteiger partial charge in [-0.05, 0) is 19.1 Å². The molecule has 2 aromatic carbocycles. The molecule has 2 heterocycles. The Labute approximate surface area is 177 Å². The van der Waals surface area contributed by atoms with Crippen LogP contribution in [-0.4, -0.2) is 52.0 Å². The molecule has 0 radical (unpaired) electrons. The number of aryl methyl sites for hydroxylation is 1. The lowest BCUT2D eigenvalue weighted by Crippen LogP contribution is -2.48. The smallest absolute Gasteiger partial charge is 0.255 e. The Bertz CT molecular complexity index is 1060. The van der Waals surface area contributed by atoms with Crippen LogP contribution in [-0.2, 0) is 6.54 Å². The van der Waals surface area contributed by atoms with Gasteiger partial charge in [0.2, 0.25) is 11.7 Å². The van der Waals surface area contributed by atoms with Gasteiger partial charge in [0, 0.05) is 31.7 Å². The van der Waals surface area contributed by atoms with E-state index in [-0.39, 0.29) is 10.6 Å². The number of nitrogens with zero attached hydrogens (tertiary/aromatic N) is 4. The van der Waals surface area contributed by atoms with Crippen molar-refractivity contribution in [3.8, 4) is 11.4 Å². The summed E-state index contributed by atoms with van der Waals surface area (Å²) in [6.45, 7) is 4.48. The van der Waals surface area contributed by atoms with Gasteiger partial charge in [-0.3, -0.25) is 9.69 Å². The molecule has 1 aliphatic heterocycles. The largest absolute Gasteiger partial charge is 0.338 e. The zero-order valence-corrected chi connectivity index (χ0v) is 17.0. The predicted octanol–water partition coefficient (Wildman–Crippen LogP) is 3.93. The molecule has 3 aromatic rings. The highest BCUT2D eigenvalue weighted by Crippen LogP contribution is 2.23. The molecule has 1 saturated heterocycles. The summed E-state index contributed by atoms with van der Waals surface area (Å²) in [6.07, 6.45) is 0. The van der Waals surface area contributed by atoms with Crippen LogP contribution in [0, 0.1) is 18.6 Å². The molecule has 1 fully saturated rings. The minimum Gasteiger partial charge on any atom is -0.338 e. The SMILES string of the molecule is Cc1ccc(-c2noc(CN3CCN(C(=O)c4cc(F)c(F)cc4Cl)CC3)n2)cc1. The number of hydrogen-bond acceptors (Lipinski definition) is 5. The number of carbonyl (C=O) groups excluding carboxylic acids is 1. The van der Waals surface area contributed by atoms with Crippen molar-refractivity contribution in [1.29, 1.82) is 0 Å². The van der Waals surface area contributed by atoms with Gasteiger partial charge in [-0.2, -0.15) is 4.98 Å². The lowest BCUT2D eigenvalue weighted by molar-refractivity contribution is 0.0614. The van der Waals surface area contributed by atoms with Crippen LogP contribution in [0.2, 0.25) is 5.02 Å². The van der Waals surface area contributed by atoms with Crippen LogP contribution in [0.5, 0.6) is 0 Å². The van der Waals surface area contributed by atoms with Gasteiger partial charge in [-0.25, -0.2) is 8.78 Å². The van der Waals surface area contributed by atoms with Crippen molar-refractivity contribution in [3.05, 3.63) is 70.1 Å². The van der Waals surface area contributed by atoms with Crippen LogP contribution < -0.4 is 0 Å². The first kappa shape index (κ1) is 20.4.